The highest BCUT2D eigenvalue weighted by Crippen LogP contribution is 2.25. The molecular formula is C14H13F2NO. The second-order valence-corrected chi connectivity index (χ2v) is 4.44. The van der Waals surface area contributed by atoms with Crippen LogP contribution >= 0.6 is 0 Å². The SMILES string of the molecule is CC(O)(Cc1ccc(F)c(F)c1)c1cccnc1. The number of aliphatic hydroxyl groups is 1. The third-order valence-electron chi connectivity index (χ3n) is 2.82. The van der Waals surface area contributed by atoms with E-state index in [0.29, 0.717) is 11.1 Å². The highest BCUT2D eigenvalue weighted by atomic mass is 19.2. The van der Waals surface area contributed by atoms with Gasteiger partial charge in [0.15, 0.2) is 11.6 Å². The number of aromatic nitrogens is 1. The van der Waals surface area contributed by atoms with Crippen molar-refractivity contribution in [2.75, 3.05) is 0 Å². The van der Waals surface area contributed by atoms with Crippen LogP contribution in [-0.2, 0) is 12.0 Å². The molecule has 0 aliphatic heterocycles. The van der Waals surface area contributed by atoms with E-state index in [-0.39, 0.29) is 6.42 Å². The first-order chi connectivity index (χ1) is 8.49. The molecule has 1 atom stereocenters. The number of hydrogen-bond acceptors (Lipinski definition) is 2. The first-order valence-corrected chi connectivity index (χ1v) is 5.56. The standard InChI is InChI=1S/C14H13F2NO/c1-14(18,11-3-2-6-17-9-11)8-10-4-5-12(15)13(16)7-10/h2-7,9,18H,8H2,1H3. The Morgan fingerprint density at radius 3 is 2.61 bits per heavy atom. The van der Waals surface area contributed by atoms with Crippen molar-refractivity contribution in [3.8, 4) is 0 Å². The largest absolute Gasteiger partial charge is 0.385 e. The van der Waals surface area contributed by atoms with Gasteiger partial charge in [-0.1, -0.05) is 12.1 Å². The van der Waals surface area contributed by atoms with Crippen LogP contribution in [0.2, 0.25) is 0 Å². The molecule has 94 valence electrons. The summed E-state index contributed by atoms with van der Waals surface area (Å²) in [5, 5.41) is 10.3. The van der Waals surface area contributed by atoms with Gasteiger partial charge in [-0.25, -0.2) is 8.78 Å². The molecule has 2 rings (SSSR count). The van der Waals surface area contributed by atoms with E-state index < -0.39 is 17.2 Å². The summed E-state index contributed by atoms with van der Waals surface area (Å²) in [5.74, 6) is -1.80. The minimum absolute atomic E-state index is 0.190. The molecule has 0 spiro atoms. The van der Waals surface area contributed by atoms with Gasteiger partial charge in [-0.15, -0.1) is 0 Å². The van der Waals surface area contributed by atoms with E-state index in [1.54, 1.807) is 31.5 Å². The molecule has 0 aliphatic carbocycles. The first-order valence-electron chi connectivity index (χ1n) is 5.56. The Bertz CT molecular complexity index is 541. The molecule has 1 aromatic heterocycles. The van der Waals surface area contributed by atoms with Crippen molar-refractivity contribution in [1.82, 2.24) is 4.98 Å². The Kier molecular flexibility index (Phi) is 3.39. The summed E-state index contributed by atoms with van der Waals surface area (Å²) in [6.07, 6.45) is 3.35. The fourth-order valence-corrected chi connectivity index (χ4v) is 1.83. The third-order valence-corrected chi connectivity index (χ3v) is 2.82. The molecule has 0 fully saturated rings. The molecule has 1 aromatic carbocycles. The Hall–Kier alpha value is -1.81. The van der Waals surface area contributed by atoms with E-state index in [4.69, 9.17) is 0 Å². The monoisotopic (exact) mass is 249 g/mol. The van der Waals surface area contributed by atoms with Gasteiger partial charge in [0, 0.05) is 24.4 Å². The summed E-state index contributed by atoms with van der Waals surface area (Å²) in [6.45, 7) is 1.62. The van der Waals surface area contributed by atoms with Crippen LogP contribution in [-0.4, -0.2) is 10.1 Å². The zero-order valence-corrected chi connectivity index (χ0v) is 9.90. The second-order valence-electron chi connectivity index (χ2n) is 4.44. The summed E-state index contributed by atoms with van der Waals surface area (Å²) in [4.78, 5) is 3.93. The van der Waals surface area contributed by atoms with Crippen LogP contribution in [0.25, 0.3) is 0 Å². The van der Waals surface area contributed by atoms with Crippen molar-refractivity contribution in [1.29, 1.82) is 0 Å². The molecule has 2 aromatic rings. The molecule has 0 radical (unpaired) electrons. The van der Waals surface area contributed by atoms with Crippen molar-refractivity contribution in [2.24, 2.45) is 0 Å². The van der Waals surface area contributed by atoms with Crippen LogP contribution in [0.5, 0.6) is 0 Å². The van der Waals surface area contributed by atoms with Gasteiger partial charge in [0.1, 0.15) is 0 Å². The summed E-state index contributed by atoms with van der Waals surface area (Å²) < 4.78 is 25.9. The number of rotatable bonds is 3. The van der Waals surface area contributed by atoms with E-state index in [1.165, 1.54) is 6.07 Å². The predicted octanol–water partition coefficient (Wildman–Crippen LogP) is 2.81. The first kappa shape index (κ1) is 12.6. The predicted molar refractivity (Wildman–Crippen MR) is 63.9 cm³/mol. The van der Waals surface area contributed by atoms with Crippen LogP contribution in [0.15, 0.2) is 42.7 Å². The molecule has 1 heterocycles. The van der Waals surface area contributed by atoms with Crippen molar-refractivity contribution in [3.05, 3.63) is 65.5 Å². The van der Waals surface area contributed by atoms with Crippen LogP contribution in [0.1, 0.15) is 18.1 Å². The van der Waals surface area contributed by atoms with E-state index in [2.05, 4.69) is 4.98 Å². The van der Waals surface area contributed by atoms with Crippen molar-refractivity contribution >= 4 is 0 Å². The van der Waals surface area contributed by atoms with Crippen LogP contribution in [0.3, 0.4) is 0 Å². The lowest BCUT2D eigenvalue weighted by atomic mass is 9.90. The van der Waals surface area contributed by atoms with Crippen LogP contribution < -0.4 is 0 Å². The quantitative estimate of drug-likeness (QED) is 0.907. The molecule has 0 amide bonds. The minimum atomic E-state index is -1.17. The second kappa shape index (κ2) is 4.82. The molecule has 18 heavy (non-hydrogen) atoms. The molecule has 0 aliphatic rings. The van der Waals surface area contributed by atoms with Gasteiger partial charge in [-0.2, -0.15) is 0 Å². The Balaban J connectivity index is 2.25. The molecule has 0 saturated carbocycles. The average molecular weight is 249 g/mol. The van der Waals surface area contributed by atoms with Crippen molar-refractivity contribution in [2.45, 2.75) is 18.9 Å². The van der Waals surface area contributed by atoms with Gasteiger partial charge < -0.3 is 5.11 Å². The highest BCUT2D eigenvalue weighted by molar-refractivity contribution is 5.24. The van der Waals surface area contributed by atoms with E-state index in [9.17, 15) is 13.9 Å². The molecule has 2 nitrogen and oxygen atoms in total. The van der Waals surface area contributed by atoms with Crippen molar-refractivity contribution < 1.29 is 13.9 Å². The number of hydrogen-bond donors (Lipinski definition) is 1. The van der Waals surface area contributed by atoms with Gasteiger partial charge in [0.25, 0.3) is 0 Å². The maximum absolute atomic E-state index is 13.1. The summed E-state index contributed by atoms with van der Waals surface area (Å²) >= 11 is 0. The number of benzene rings is 1. The summed E-state index contributed by atoms with van der Waals surface area (Å²) in [6, 6.07) is 7.08. The number of nitrogens with zero attached hydrogens (tertiary/aromatic N) is 1. The van der Waals surface area contributed by atoms with Gasteiger partial charge >= 0.3 is 0 Å². The lowest BCUT2D eigenvalue weighted by molar-refractivity contribution is 0.0572. The van der Waals surface area contributed by atoms with Gasteiger partial charge in [0.05, 0.1) is 5.60 Å². The molecule has 0 bridgehead atoms. The summed E-state index contributed by atoms with van der Waals surface area (Å²) in [7, 11) is 0. The fraction of sp³-hybridized carbons (Fsp3) is 0.214. The summed E-state index contributed by atoms with van der Waals surface area (Å²) in [5.41, 5.74) is -0.00379. The zero-order valence-electron chi connectivity index (χ0n) is 9.90. The van der Waals surface area contributed by atoms with Gasteiger partial charge in [-0.05, 0) is 30.7 Å². The minimum Gasteiger partial charge on any atom is -0.385 e. The maximum Gasteiger partial charge on any atom is 0.159 e. The normalized spacial score (nSPS) is 14.2. The van der Waals surface area contributed by atoms with E-state index in [1.807, 2.05) is 0 Å². The Morgan fingerprint density at radius 1 is 1.22 bits per heavy atom. The molecule has 1 unspecified atom stereocenters. The maximum atomic E-state index is 13.1. The lowest BCUT2D eigenvalue weighted by Crippen LogP contribution is -2.24. The molecular weight excluding hydrogens is 236 g/mol. The third kappa shape index (κ3) is 2.71. The topological polar surface area (TPSA) is 33.1 Å². The van der Waals surface area contributed by atoms with E-state index in [0.717, 1.165) is 12.1 Å². The number of pyridine rings is 1. The number of halogens is 2. The van der Waals surface area contributed by atoms with E-state index >= 15 is 0 Å². The fourth-order valence-electron chi connectivity index (χ4n) is 1.83. The molecule has 0 saturated heterocycles. The molecule has 4 heteroatoms. The average Bonchev–Trinajstić information content (AvgIpc) is 2.35. The molecule has 1 N–H and O–H groups in total. The van der Waals surface area contributed by atoms with Gasteiger partial charge in [0.2, 0.25) is 0 Å². The van der Waals surface area contributed by atoms with Gasteiger partial charge in [-0.3, -0.25) is 4.98 Å². The Morgan fingerprint density at radius 2 is 2.00 bits per heavy atom. The van der Waals surface area contributed by atoms with Crippen LogP contribution in [0, 0.1) is 11.6 Å². The van der Waals surface area contributed by atoms with Crippen LogP contribution in [0.4, 0.5) is 8.78 Å². The lowest BCUT2D eigenvalue weighted by Gasteiger charge is -2.23. The van der Waals surface area contributed by atoms with Crippen molar-refractivity contribution in [3.63, 3.8) is 0 Å². The highest BCUT2D eigenvalue weighted by Gasteiger charge is 2.24. The zero-order chi connectivity index (χ0) is 13.2. The smallest absolute Gasteiger partial charge is 0.159 e. The Labute approximate surface area is 104 Å².